The highest BCUT2D eigenvalue weighted by Gasteiger charge is 2.22. The van der Waals surface area contributed by atoms with Crippen molar-refractivity contribution in [1.29, 1.82) is 0 Å². The lowest BCUT2D eigenvalue weighted by Crippen LogP contribution is -2.12. The molecule has 128 valence electrons. The van der Waals surface area contributed by atoms with Gasteiger partial charge in [0.25, 0.3) is 0 Å². The van der Waals surface area contributed by atoms with Gasteiger partial charge in [0.15, 0.2) is 0 Å². The van der Waals surface area contributed by atoms with Crippen LogP contribution >= 0.6 is 11.3 Å². The summed E-state index contributed by atoms with van der Waals surface area (Å²) in [5, 5.41) is 12.4. The molecule has 1 N–H and O–H groups in total. The average Bonchev–Trinajstić information content (AvgIpc) is 3.24. The second kappa shape index (κ2) is 7.85. The number of anilines is 1. The molecule has 1 aliphatic heterocycles. The van der Waals surface area contributed by atoms with Crippen molar-refractivity contribution in [3.8, 4) is 0 Å². The van der Waals surface area contributed by atoms with Crippen LogP contribution in [0.3, 0.4) is 0 Å². The molecule has 6 heteroatoms. The van der Waals surface area contributed by atoms with Gasteiger partial charge >= 0.3 is 0 Å². The van der Waals surface area contributed by atoms with Gasteiger partial charge in [-0.1, -0.05) is 49.4 Å². The third-order valence-corrected chi connectivity index (χ3v) is 5.11. The number of aryl methyl sites for hydroxylation is 1. The molecule has 1 aromatic carbocycles. The lowest BCUT2D eigenvalue weighted by Gasteiger charge is -2.07. The number of aromatic nitrogens is 2. The fraction of sp³-hybridized carbons (Fsp3) is 0.500. The number of carbonyl (C=O) groups excluding carboxylic acids is 1. The van der Waals surface area contributed by atoms with Crippen molar-refractivity contribution in [2.24, 2.45) is 0 Å². The van der Waals surface area contributed by atoms with Crippen molar-refractivity contribution in [2.45, 2.75) is 51.6 Å². The van der Waals surface area contributed by atoms with Crippen LogP contribution in [0.2, 0.25) is 0 Å². The van der Waals surface area contributed by atoms with Gasteiger partial charge in [0.1, 0.15) is 11.1 Å². The number of hydrogen-bond donors (Lipinski definition) is 1. The molecule has 1 fully saturated rings. The van der Waals surface area contributed by atoms with Gasteiger partial charge in [-0.25, -0.2) is 0 Å². The maximum absolute atomic E-state index is 12.1. The van der Waals surface area contributed by atoms with E-state index in [4.69, 9.17) is 4.74 Å². The van der Waals surface area contributed by atoms with Gasteiger partial charge in [0.05, 0.1) is 0 Å². The summed E-state index contributed by atoms with van der Waals surface area (Å²) in [4.78, 5) is 12.1. The Morgan fingerprint density at radius 2 is 2.12 bits per heavy atom. The molecule has 0 saturated carbocycles. The van der Waals surface area contributed by atoms with Gasteiger partial charge in [-0.15, -0.1) is 10.2 Å². The van der Waals surface area contributed by atoms with Crippen LogP contribution in [0.5, 0.6) is 0 Å². The molecule has 1 aromatic heterocycles. The third-order valence-electron chi connectivity index (χ3n) is 4.18. The smallest absolute Gasteiger partial charge is 0.226 e. The minimum absolute atomic E-state index is 0.0297. The predicted molar refractivity (Wildman–Crippen MR) is 95.3 cm³/mol. The summed E-state index contributed by atoms with van der Waals surface area (Å²) < 4.78 is 5.58. The summed E-state index contributed by atoms with van der Waals surface area (Å²) in [7, 11) is 0. The van der Waals surface area contributed by atoms with Crippen LogP contribution < -0.4 is 5.32 Å². The number of carbonyl (C=O) groups is 1. The maximum atomic E-state index is 12.1. The molecule has 0 bridgehead atoms. The topological polar surface area (TPSA) is 64.1 Å². The van der Waals surface area contributed by atoms with Crippen LogP contribution in [0.1, 0.15) is 61.3 Å². The highest BCUT2D eigenvalue weighted by Crippen LogP contribution is 2.31. The zero-order chi connectivity index (χ0) is 16.9. The van der Waals surface area contributed by atoms with Gasteiger partial charge in [-0.2, -0.15) is 0 Å². The summed E-state index contributed by atoms with van der Waals surface area (Å²) in [6.45, 7) is 5.13. The van der Waals surface area contributed by atoms with E-state index in [9.17, 15) is 4.79 Å². The Morgan fingerprint density at radius 3 is 2.79 bits per heavy atom. The second-order valence-electron chi connectivity index (χ2n) is 6.39. The van der Waals surface area contributed by atoms with Crippen LogP contribution in [-0.2, 0) is 16.0 Å². The molecular formula is C18H23N3O2S. The van der Waals surface area contributed by atoms with Gasteiger partial charge in [0.2, 0.25) is 11.0 Å². The summed E-state index contributed by atoms with van der Waals surface area (Å²) in [6.07, 6.45) is 3.25. The van der Waals surface area contributed by atoms with Crippen molar-refractivity contribution < 1.29 is 9.53 Å². The molecule has 3 rings (SSSR count). The lowest BCUT2D eigenvalue weighted by molar-refractivity contribution is -0.116. The normalized spacial score (nSPS) is 17.4. The van der Waals surface area contributed by atoms with Crippen molar-refractivity contribution in [3.63, 3.8) is 0 Å². The van der Waals surface area contributed by atoms with Gasteiger partial charge in [-0.3, -0.25) is 4.79 Å². The highest BCUT2D eigenvalue weighted by molar-refractivity contribution is 7.15. The van der Waals surface area contributed by atoms with Gasteiger partial charge in [0, 0.05) is 13.0 Å². The van der Waals surface area contributed by atoms with E-state index >= 15 is 0 Å². The van der Waals surface area contributed by atoms with Crippen molar-refractivity contribution in [1.82, 2.24) is 10.2 Å². The number of ether oxygens (including phenoxy) is 1. The average molecular weight is 345 g/mol. The molecule has 0 aliphatic carbocycles. The SMILES string of the molecule is CC(C)c1ccc(CCC(=O)Nc2nnc(C3CCCO3)s2)cc1. The van der Waals surface area contributed by atoms with Gasteiger partial charge < -0.3 is 10.1 Å². The number of rotatable bonds is 6. The van der Waals surface area contributed by atoms with Crippen LogP contribution in [0.4, 0.5) is 5.13 Å². The molecular weight excluding hydrogens is 322 g/mol. The minimum atomic E-state index is -0.0297. The van der Waals surface area contributed by atoms with E-state index in [0.717, 1.165) is 30.9 Å². The van der Waals surface area contributed by atoms with Crippen LogP contribution in [0.25, 0.3) is 0 Å². The van der Waals surface area contributed by atoms with E-state index < -0.39 is 0 Å². The fourth-order valence-electron chi connectivity index (χ4n) is 2.70. The molecule has 1 saturated heterocycles. The standard InChI is InChI=1S/C18H23N3O2S/c1-12(2)14-8-5-13(6-9-14)7-10-16(22)19-18-21-20-17(24-18)15-4-3-11-23-15/h5-6,8-9,12,15H,3-4,7,10-11H2,1-2H3,(H,19,21,22). The summed E-state index contributed by atoms with van der Waals surface area (Å²) >= 11 is 1.41. The van der Waals surface area contributed by atoms with Crippen LogP contribution in [-0.4, -0.2) is 22.7 Å². The van der Waals surface area contributed by atoms with Crippen LogP contribution in [0, 0.1) is 0 Å². The molecule has 1 amide bonds. The first-order chi connectivity index (χ1) is 11.6. The fourth-order valence-corrected chi connectivity index (χ4v) is 3.54. The van der Waals surface area contributed by atoms with E-state index in [2.05, 4.69) is 53.6 Å². The molecule has 0 spiro atoms. The number of amides is 1. The minimum Gasteiger partial charge on any atom is -0.371 e. The second-order valence-corrected chi connectivity index (χ2v) is 7.40. The number of nitrogens with one attached hydrogen (secondary N) is 1. The Labute approximate surface area is 146 Å². The summed E-state index contributed by atoms with van der Waals surface area (Å²) in [6, 6.07) is 8.47. The van der Waals surface area contributed by atoms with E-state index in [-0.39, 0.29) is 12.0 Å². The molecule has 24 heavy (non-hydrogen) atoms. The zero-order valence-electron chi connectivity index (χ0n) is 14.1. The van der Waals surface area contributed by atoms with Gasteiger partial charge in [-0.05, 0) is 36.3 Å². The molecule has 1 aliphatic rings. The molecule has 1 unspecified atom stereocenters. The Kier molecular flexibility index (Phi) is 5.58. The number of nitrogens with zero attached hydrogens (tertiary/aromatic N) is 2. The Bertz CT molecular complexity index is 676. The molecule has 2 heterocycles. The quantitative estimate of drug-likeness (QED) is 0.856. The van der Waals surface area contributed by atoms with Crippen molar-refractivity contribution in [2.75, 3.05) is 11.9 Å². The van der Waals surface area contributed by atoms with E-state index in [1.165, 1.54) is 22.5 Å². The first kappa shape index (κ1) is 17.0. The monoisotopic (exact) mass is 345 g/mol. The first-order valence-electron chi connectivity index (χ1n) is 8.45. The Balaban J connectivity index is 1.48. The Hall–Kier alpha value is -1.79. The van der Waals surface area contributed by atoms with Crippen LogP contribution in [0.15, 0.2) is 24.3 Å². The molecule has 2 aromatic rings. The Morgan fingerprint density at radius 1 is 1.33 bits per heavy atom. The zero-order valence-corrected chi connectivity index (χ0v) is 14.9. The van der Waals surface area contributed by atoms with E-state index in [0.29, 0.717) is 17.5 Å². The van der Waals surface area contributed by atoms with Crippen molar-refractivity contribution >= 4 is 22.4 Å². The largest absolute Gasteiger partial charge is 0.371 e. The van der Waals surface area contributed by atoms with Crippen molar-refractivity contribution in [3.05, 3.63) is 40.4 Å². The highest BCUT2D eigenvalue weighted by atomic mass is 32.1. The summed E-state index contributed by atoms with van der Waals surface area (Å²) in [5.74, 6) is 0.496. The number of benzene rings is 1. The lowest BCUT2D eigenvalue weighted by atomic mass is 10.0. The van der Waals surface area contributed by atoms with E-state index in [1.54, 1.807) is 0 Å². The third kappa shape index (κ3) is 4.39. The maximum Gasteiger partial charge on any atom is 0.226 e. The summed E-state index contributed by atoms with van der Waals surface area (Å²) in [5.41, 5.74) is 2.49. The predicted octanol–water partition coefficient (Wildman–Crippen LogP) is 4.08. The van der Waals surface area contributed by atoms with E-state index in [1.807, 2.05) is 0 Å². The molecule has 1 atom stereocenters. The molecule has 5 nitrogen and oxygen atoms in total. The molecule has 0 radical (unpaired) electrons. The first-order valence-corrected chi connectivity index (χ1v) is 9.27. The number of hydrogen-bond acceptors (Lipinski definition) is 5.